The first-order valence-electron chi connectivity index (χ1n) is 7.38. The standard InChI is InChI=1S/C18H15Br2N3O/c1-11-8-12(6-7-14(11)19)23-17(24)10-22-18-13-4-2-3-5-16(13)21-9-15(18)20/h2-9H,10H2,1H3,(H,21,22)(H,23,24). The number of para-hydroxylation sites is 1. The predicted octanol–water partition coefficient (Wildman–Crippen LogP) is 5.12. The van der Waals surface area contributed by atoms with E-state index in [0.717, 1.165) is 36.8 Å². The molecule has 1 aromatic heterocycles. The number of nitrogens with one attached hydrogen (secondary N) is 2. The highest BCUT2D eigenvalue weighted by Gasteiger charge is 2.09. The number of anilines is 2. The van der Waals surface area contributed by atoms with E-state index in [1.165, 1.54) is 0 Å². The van der Waals surface area contributed by atoms with Crippen molar-refractivity contribution in [1.29, 1.82) is 0 Å². The van der Waals surface area contributed by atoms with Gasteiger partial charge in [-0.25, -0.2) is 0 Å². The van der Waals surface area contributed by atoms with E-state index in [-0.39, 0.29) is 12.5 Å². The van der Waals surface area contributed by atoms with Crippen LogP contribution in [0.5, 0.6) is 0 Å². The Balaban J connectivity index is 1.72. The second-order valence-electron chi connectivity index (χ2n) is 5.36. The Morgan fingerprint density at radius 3 is 2.71 bits per heavy atom. The van der Waals surface area contributed by atoms with Gasteiger partial charge >= 0.3 is 0 Å². The van der Waals surface area contributed by atoms with Crippen molar-refractivity contribution >= 4 is 60.0 Å². The fourth-order valence-electron chi connectivity index (χ4n) is 2.39. The van der Waals surface area contributed by atoms with Gasteiger partial charge in [0.05, 0.1) is 22.2 Å². The van der Waals surface area contributed by atoms with E-state index < -0.39 is 0 Å². The van der Waals surface area contributed by atoms with Gasteiger partial charge in [-0.1, -0.05) is 34.1 Å². The molecule has 3 aromatic rings. The number of fused-ring (bicyclic) bond motifs is 1. The molecule has 0 aliphatic rings. The van der Waals surface area contributed by atoms with E-state index >= 15 is 0 Å². The number of hydrogen-bond donors (Lipinski definition) is 2. The number of rotatable bonds is 4. The molecule has 0 fully saturated rings. The second kappa shape index (κ2) is 7.32. The Bertz CT molecular complexity index is 912. The molecular formula is C18H15Br2N3O. The lowest BCUT2D eigenvalue weighted by molar-refractivity contribution is -0.114. The minimum Gasteiger partial charge on any atom is -0.375 e. The highest BCUT2D eigenvalue weighted by molar-refractivity contribution is 9.10. The summed E-state index contributed by atoms with van der Waals surface area (Å²) < 4.78 is 1.85. The maximum atomic E-state index is 12.2. The van der Waals surface area contributed by atoms with Crippen LogP contribution in [-0.4, -0.2) is 17.4 Å². The summed E-state index contributed by atoms with van der Waals surface area (Å²) in [6, 6.07) is 13.5. The predicted molar refractivity (Wildman–Crippen MR) is 105 cm³/mol. The number of aryl methyl sites for hydroxylation is 1. The van der Waals surface area contributed by atoms with Gasteiger partial charge in [0.25, 0.3) is 0 Å². The number of hydrogen-bond acceptors (Lipinski definition) is 3. The number of nitrogens with zero attached hydrogens (tertiary/aromatic N) is 1. The van der Waals surface area contributed by atoms with Gasteiger partial charge in [-0.15, -0.1) is 0 Å². The van der Waals surface area contributed by atoms with Crippen molar-refractivity contribution in [1.82, 2.24) is 4.98 Å². The van der Waals surface area contributed by atoms with E-state index in [9.17, 15) is 4.79 Å². The molecule has 122 valence electrons. The van der Waals surface area contributed by atoms with Crippen LogP contribution >= 0.6 is 31.9 Å². The molecule has 3 rings (SSSR count). The van der Waals surface area contributed by atoms with Gasteiger partial charge in [-0.3, -0.25) is 9.78 Å². The zero-order valence-corrected chi connectivity index (χ0v) is 16.1. The van der Waals surface area contributed by atoms with Crippen LogP contribution in [0.15, 0.2) is 57.6 Å². The quantitative estimate of drug-likeness (QED) is 0.582. The van der Waals surface area contributed by atoms with Crippen molar-refractivity contribution in [2.45, 2.75) is 6.92 Å². The van der Waals surface area contributed by atoms with Crippen LogP contribution in [0.25, 0.3) is 10.9 Å². The molecule has 0 aliphatic heterocycles. The monoisotopic (exact) mass is 447 g/mol. The van der Waals surface area contributed by atoms with Crippen molar-refractivity contribution in [3.8, 4) is 0 Å². The minimum absolute atomic E-state index is 0.107. The van der Waals surface area contributed by atoms with Crippen LogP contribution in [0.4, 0.5) is 11.4 Å². The summed E-state index contributed by atoms with van der Waals surface area (Å²) in [5.41, 5.74) is 3.60. The molecule has 0 radical (unpaired) electrons. The summed E-state index contributed by atoms with van der Waals surface area (Å²) in [6.45, 7) is 2.15. The van der Waals surface area contributed by atoms with E-state index in [0.29, 0.717) is 0 Å². The first-order valence-corrected chi connectivity index (χ1v) is 8.96. The molecule has 0 saturated carbocycles. The van der Waals surface area contributed by atoms with Gasteiger partial charge in [0, 0.05) is 21.7 Å². The van der Waals surface area contributed by atoms with Crippen molar-refractivity contribution in [3.05, 3.63) is 63.2 Å². The highest BCUT2D eigenvalue weighted by atomic mass is 79.9. The van der Waals surface area contributed by atoms with Crippen LogP contribution in [0.3, 0.4) is 0 Å². The van der Waals surface area contributed by atoms with Gasteiger partial charge in [0.1, 0.15) is 0 Å². The normalized spacial score (nSPS) is 10.6. The highest BCUT2D eigenvalue weighted by Crippen LogP contribution is 2.29. The molecule has 0 unspecified atom stereocenters. The molecule has 6 heteroatoms. The Kier molecular flexibility index (Phi) is 5.16. The van der Waals surface area contributed by atoms with Crippen molar-refractivity contribution < 1.29 is 4.79 Å². The molecule has 0 spiro atoms. The number of carbonyl (C=O) groups is 1. The first kappa shape index (κ1) is 16.9. The minimum atomic E-state index is -0.107. The van der Waals surface area contributed by atoms with Crippen LogP contribution in [0, 0.1) is 6.92 Å². The third kappa shape index (κ3) is 3.76. The van der Waals surface area contributed by atoms with Gasteiger partial charge in [-0.2, -0.15) is 0 Å². The van der Waals surface area contributed by atoms with E-state index in [4.69, 9.17) is 0 Å². The third-order valence-corrected chi connectivity index (χ3v) is 5.09. The van der Waals surface area contributed by atoms with Crippen molar-refractivity contribution in [2.75, 3.05) is 17.2 Å². The molecule has 0 atom stereocenters. The van der Waals surface area contributed by atoms with Crippen LogP contribution < -0.4 is 10.6 Å². The molecular weight excluding hydrogens is 434 g/mol. The summed E-state index contributed by atoms with van der Waals surface area (Å²) in [5.74, 6) is -0.107. The number of aromatic nitrogens is 1. The summed E-state index contributed by atoms with van der Waals surface area (Å²) >= 11 is 6.94. The number of carbonyl (C=O) groups excluding carboxylic acids is 1. The summed E-state index contributed by atoms with van der Waals surface area (Å²) in [7, 11) is 0. The lowest BCUT2D eigenvalue weighted by Gasteiger charge is -2.12. The lowest BCUT2D eigenvalue weighted by Crippen LogP contribution is -2.22. The zero-order valence-electron chi connectivity index (χ0n) is 12.9. The average Bonchev–Trinajstić information content (AvgIpc) is 2.57. The Hall–Kier alpha value is -1.92. The maximum Gasteiger partial charge on any atom is 0.243 e. The van der Waals surface area contributed by atoms with Gasteiger partial charge in [0.15, 0.2) is 0 Å². The number of benzene rings is 2. The third-order valence-electron chi connectivity index (χ3n) is 3.60. The SMILES string of the molecule is Cc1cc(NC(=O)CNc2c(Br)cnc3ccccc23)ccc1Br. The second-order valence-corrected chi connectivity index (χ2v) is 7.07. The molecule has 1 amide bonds. The smallest absolute Gasteiger partial charge is 0.243 e. The molecule has 0 bridgehead atoms. The zero-order chi connectivity index (χ0) is 17.1. The number of halogens is 2. The lowest BCUT2D eigenvalue weighted by atomic mass is 10.2. The molecule has 24 heavy (non-hydrogen) atoms. The van der Waals surface area contributed by atoms with Gasteiger partial charge < -0.3 is 10.6 Å². The Morgan fingerprint density at radius 1 is 1.12 bits per heavy atom. The largest absolute Gasteiger partial charge is 0.375 e. The maximum absolute atomic E-state index is 12.2. The fourth-order valence-corrected chi connectivity index (χ4v) is 3.10. The molecule has 0 aliphatic carbocycles. The topological polar surface area (TPSA) is 54.0 Å². The number of amides is 1. The van der Waals surface area contributed by atoms with Crippen LogP contribution in [0.2, 0.25) is 0 Å². The van der Waals surface area contributed by atoms with Crippen LogP contribution in [0.1, 0.15) is 5.56 Å². The molecule has 2 aromatic carbocycles. The number of pyridine rings is 1. The van der Waals surface area contributed by atoms with E-state index in [1.807, 2.05) is 49.4 Å². The molecule has 0 saturated heterocycles. The first-order chi connectivity index (χ1) is 11.5. The van der Waals surface area contributed by atoms with Gasteiger partial charge in [0.2, 0.25) is 5.91 Å². The Morgan fingerprint density at radius 2 is 1.92 bits per heavy atom. The molecule has 4 nitrogen and oxygen atoms in total. The van der Waals surface area contributed by atoms with Crippen LogP contribution in [-0.2, 0) is 4.79 Å². The molecule has 1 heterocycles. The van der Waals surface area contributed by atoms with Crippen molar-refractivity contribution in [3.63, 3.8) is 0 Å². The molecule has 2 N–H and O–H groups in total. The van der Waals surface area contributed by atoms with Crippen molar-refractivity contribution in [2.24, 2.45) is 0 Å². The van der Waals surface area contributed by atoms with E-state index in [2.05, 4.69) is 47.5 Å². The summed E-state index contributed by atoms with van der Waals surface area (Å²) in [6.07, 6.45) is 1.74. The van der Waals surface area contributed by atoms with Gasteiger partial charge in [-0.05, 0) is 52.7 Å². The summed E-state index contributed by atoms with van der Waals surface area (Å²) in [5, 5.41) is 7.06. The average molecular weight is 449 g/mol. The Labute approximate surface area is 156 Å². The van der Waals surface area contributed by atoms with E-state index in [1.54, 1.807) is 6.20 Å². The fraction of sp³-hybridized carbons (Fsp3) is 0.111. The summed E-state index contributed by atoms with van der Waals surface area (Å²) in [4.78, 5) is 16.6.